The van der Waals surface area contributed by atoms with E-state index in [-0.39, 0.29) is 19.8 Å². The maximum absolute atomic E-state index is 11.1. The maximum atomic E-state index is 11.1. The molecule has 42 heavy (non-hydrogen) atoms. The number of carbonyl (C=O) groups is 3. The van der Waals surface area contributed by atoms with Crippen LogP contribution in [0.1, 0.15) is 27.7 Å². The van der Waals surface area contributed by atoms with E-state index in [9.17, 15) is 19.5 Å². The van der Waals surface area contributed by atoms with Crippen LogP contribution in [-0.4, -0.2) is 96.3 Å². The van der Waals surface area contributed by atoms with E-state index < -0.39 is 61.8 Å². The smallest absolute Gasteiger partial charge is 0.330 e. The zero-order valence-electron chi connectivity index (χ0n) is 25.8. The Bertz CT molecular complexity index is 638. The van der Waals surface area contributed by atoms with Crippen LogP contribution in [0, 0.1) is 10.8 Å². The molecule has 0 aromatic heterocycles. The van der Waals surface area contributed by atoms with Crippen molar-refractivity contribution in [1.82, 2.24) is 0 Å². The molecular formula is C31H54O11. The van der Waals surface area contributed by atoms with E-state index in [1.54, 1.807) is 24.3 Å². The van der Waals surface area contributed by atoms with E-state index in [1.165, 1.54) is 0 Å². The predicted octanol–water partition coefficient (Wildman–Crippen LogP) is 2.86. The van der Waals surface area contributed by atoms with E-state index in [1.807, 2.05) is 27.7 Å². The molecule has 11 heteroatoms. The van der Waals surface area contributed by atoms with Crippen LogP contribution in [-0.2, 0) is 28.6 Å². The van der Waals surface area contributed by atoms with Gasteiger partial charge in [-0.25, -0.2) is 14.4 Å². The number of esters is 3. The Labute approximate surface area is 252 Å². The van der Waals surface area contributed by atoms with Crippen molar-refractivity contribution >= 4 is 17.9 Å². The first-order chi connectivity index (χ1) is 19.8. The Balaban J connectivity index is -0.000000126. The third kappa shape index (κ3) is 36.4. The molecule has 0 unspecified atom stereocenters. The van der Waals surface area contributed by atoms with Crippen molar-refractivity contribution in [2.75, 3.05) is 52.9 Å². The highest BCUT2D eigenvalue weighted by Gasteiger charge is 2.35. The molecular weight excluding hydrogens is 548 g/mol. The Kier molecular flexibility index (Phi) is 48.2. The van der Waals surface area contributed by atoms with Crippen LogP contribution < -0.4 is 0 Å². The summed E-state index contributed by atoms with van der Waals surface area (Å²) in [6.45, 7) is 27.5. The molecule has 0 aliphatic heterocycles. The molecule has 0 saturated carbocycles. The fourth-order valence-electron chi connectivity index (χ4n) is 1.41. The third-order valence-corrected chi connectivity index (χ3v) is 3.74. The van der Waals surface area contributed by atoms with Gasteiger partial charge in [-0.3, -0.25) is 0 Å². The summed E-state index contributed by atoms with van der Waals surface area (Å²) < 4.78 is 14.5. The van der Waals surface area contributed by atoms with Crippen molar-refractivity contribution in [3.63, 3.8) is 0 Å². The monoisotopic (exact) mass is 602 g/mol. The van der Waals surface area contributed by atoms with Gasteiger partial charge in [-0.1, -0.05) is 44.0 Å². The number of aliphatic hydroxyl groups is 5. The van der Waals surface area contributed by atoms with E-state index in [0.29, 0.717) is 0 Å². The average molecular weight is 603 g/mol. The van der Waals surface area contributed by atoms with Gasteiger partial charge in [0.15, 0.2) is 0 Å². The summed E-state index contributed by atoms with van der Waals surface area (Å²) >= 11 is 0. The highest BCUT2D eigenvalue weighted by Crippen LogP contribution is 2.19. The molecule has 0 atom stereocenters. The van der Waals surface area contributed by atoms with Crippen LogP contribution in [0.25, 0.3) is 0 Å². The first-order valence-corrected chi connectivity index (χ1v) is 12.5. The first kappa shape index (κ1) is 51.2. The maximum Gasteiger partial charge on any atom is 0.330 e. The minimum atomic E-state index is -1.28. The van der Waals surface area contributed by atoms with Gasteiger partial charge in [-0.2, -0.15) is 0 Å². The van der Waals surface area contributed by atoms with Crippen LogP contribution in [0.2, 0.25) is 0 Å². The van der Waals surface area contributed by atoms with Gasteiger partial charge in [0, 0.05) is 18.2 Å². The summed E-state index contributed by atoms with van der Waals surface area (Å²) in [5.41, 5.74) is -2.39. The van der Waals surface area contributed by atoms with Crippen LogP contribution in [0.15, 0.2) is 88.6 Å². The molecule has 0 aliphatic rings. The molecule has 0 radical (unpaired) electrons. The molecule has 0 aromatic carbocycles. The zero-order chi connectivity index (χ0) is 34.5. The largest absolute Gasteiger partial charge is 0.462 e. The first-order valence-electron chi connectivity index (χ1n) is 12.5. The van der Waals surface area contributed by atoms with E-state index in [2.05, 4.69) is 46.1 Å². The van der Waals surface area contributed by atoms with Crippen LogP contribution in [0.5, 0.6) is 0 Å². The molecule has 11 nitrogen and oxygen atoms in total. The second-order valence-corrected chi connectivity index (χ2v) is 7.86. The molecule has 0 spiro atoms. The summed E-state index contributed by atoms with van der Waals surface area (Å²) in [5, 5.41) is 43.5. The molecule has 0 aliphatic carbocycles. The number of aliphatic hydroxyl groups excluding tert-OH is 5. The van der Waals surface area contributed by atoms with Crippen molar-refractivity contribution < 1.29 is 54.1 Å². The zero-order valence-corrected chi connectivity index (χ0v) is 25.8. The van der Waals surface area contributed by atoms with Gasteiger partial charge >= 0.3 is 17.9 Å². The fraction of sp³-hybridized carbons (Fsp3) is 0.452. The lowest BCUT2D eigenvalue weighted by Crippen LogP contribution is -2.42. The molecule has 0 aromatic rings. The molecule has 0 fully saturated rings. The van der Waals surface area contributed by atoms with Gasteiger partial charge in [0.25, 0.3) is 0 Å². The van der Waals surface area contributed by atoms with E-state index in [0.717, 1.165) is 18.2 Å². The minimum absolute atomic E-state index is 0.330. The minimum Gasteiger partial charge on any atom is -0.462 e. The second kappa shape index (κ2) is 39.5. The average Bonchev–Trinajstić information content (AvgIpc) is 3.00. The van der Waals surface area contributed by atoms with Crippen LogP contribution in [0.4, 0.5) is 0 Å². The normalized spacial score (nSPS) is 8.88. The number of rotatable bonds is 14. The Hall–Kier alpha value is -3.61. The molecule has 0 saturated heterocycles. The van der Waals surface area contributed by atoms with Crippen LogP contribution >= 0.6 is 0 Å². The summed E-state index contributed by atoms with van der Waals surface area (Å²) in [4.78, 5) is 33.3. The topological polar surface area (TPSA) is 180 Å². The number of allylic oxidation sites excluding steroid dienone is 4. The lowest BCUT2D eigenvalue weighted by Gasteiger charge is -2.29. The molecule has 0 amide bonds. The number of ether oxygens (including phenoxy) is 3. The van der Waals surface area contributed by atoms with Gasteiger partial charge in [-0.15, -0.1) is 26.3 Å². The SMILES string of the molecule is C=CC.C=CC.C=CC.C=CC.C=CC(=O)OCC(CO)(COC(=O)C=C)COC(=O)C=C.OCC(CO)(CO)CO. The molecule has 0 rings (SSSR count). The molecule has 244 valence electrons. The van der Waals surface area contributed by atoms with E-state index >= 15 is 0 Å². The summed E-state index contributed by atoms with van der Waals surface area (Å²) in [6.07, 6.45) is 9.81. The van der Waals surface area contributed by atoms with Crippen molar-refractivity contribution in [2.45, 2.75) is 27.7 Å². The second-order valence-electron chi connectivity index (χ2n) is 7.86. The van der Waals surface area contributed by atoms with E-state index in [4.69, 9.17) is 34.6 Å². The van der Waals surface area contributed by atoms with Gasteiger partial charge in [0.05, 0.1) is 43.9 Å². The summed E-state index contributed by atoms with van der Waals surface area (Å²) in [7, 11) is 0. The van der Waals surface area contributed by atoms with Crippen molar-refractivity contribution in [3.8, 4) is 0 Å². The van der Waals surface area contributed by atoms with Crippen molar-refractivity contribution in [3.05, 3.63) is 88.6 Å². The predicted molar refractivity (Wildman–Crippen MR) is 167 cm³/mol. The lowest BCUT2D eigenvalue weighted by molar-refractivity contribution is -0.159. The number of hydrogen-bond donors (Lipinski definition) is 5. The van der Waals surface area contributed by atoms with Gasteiger partial charge in [0.1, 0.15) is 19.8 Å². The van der Waals surface area contributed by atoms with Crippen molar-refractivity contribution in [1.29, 1.82) is 0 Å². The molecule has 0 bridgehead atoms. The fourth-order valence-corrected chi connectivity index (χ4v) is 1.41. The Morgan fingerprint density at radius 3 is 0.738 bits per heavy atom. The lowest BCUT2D eigenvalue weighted by atomic mass is 9.92. The highest BCUT2D eigenvalue weighted by atomic mass is 16.6. The highest BCUT2D eigenvalue weighted by molar-refractivity contribution is 5.82. The molecule has 5 N–H and O–H groups in total. The van der Waals surface area contributed by atoms with Crippen LogP contribution in [0.3, 0.4) is 0 Å². The van der Waals surface area contributed by atoms with Gasteiger partial charge in [-0.05, 0) is 27.7 Å². The number of carbonyl (C=O) groups excluding carboxylic acids is 3. The number of hydrogen-bond acceptors (Lipinski definition) is 11. The summed E-state index contributed by atoms with van der Waals surface area (Å²) in [5.74, 6) is -2.17. The summed E-state index contributed by atoms with van der Waals surface area (Å²) in [6, 6.07) is 0. The van der Waals surface area contributed by atoms with Gasteiger partial charge < -0.3 is 39.7 Å². The quantitative estimate of drug-likeness (QED) is 0.0854. The third-order valence-electron chi connectivity index (χ3n) is 3.74. The Morgan fingerprint density at radius 2 is 0.643 bits per heavy atom. The van der Waals surface area contributed by atoms with Crippen molar-refractivity contribution in [2.24, 2.45) is 10.8 Å². The molecule has 0 heterocycles. The standard InChI is InChI=1S/C14H18O7.C5H12O4.4C3H6/c1-4-11(16)19-8-14(7-15,9-20-12(17)5-2)10-21-13(18)6-3;6-1-5(2-7,3-8)4-9;4*1-3-2/h4-6,15H,1-3,7-10H2;6-9H,1-4H2;4*3H,1H2,2H3. The Morgan fingerprint density at radius 1 is 0.476 bits per heavy atom. The van der Waals surface area contributed by atoms with Gasteiger partial charge in [0.2, 0.25) is 0 Å².